The predicted octanol–water partition coefficient (Wildman–Crippen LogP) is 5.39. The number of hydrogen-bond acceptors (Lipinski definition) is 1. The first-order valence-corrected chi connectivity index (χ1v) is 7.61. The Bertz CT molecular complexity index is 525. The summed E-state index contributed by atoms with van der Waals surface area (Å²) in [4.78, 5) is 4.71. The van der Waals surface area contributed by atoms with Gasteiger partial charge in [0, 0.05) is 27.1 Å². The highest BCUT2D eigenvalue weighted by atomic mass is 79.9. The van der Waals surface area contributed by atoms with Gasteiger partial charge in [0.2, 0.25) is 0 Å². The molecule has 1 aromatic heterocycles. The van der Waals surface area contributed by atoms with Crippen molar-refractivity contribution in [3.8, 4) is 0 Å². The van der Waals surface area contributed by atoms with Crippen LogP contribution in [0.1, 0.15) is 34.5 Å². The summed E-state index contributed by atoms with van der Waals surface area (Å²) in [6.45, 7) is 4.34. The van der Waals surface area contributed by atoms with Gasteiger partial charge in [-0.3, -0.25) is 4.98 Å². The Balaban J connectivity index is 2.28. The summed E-state index contributed by atoms with van der Waals surface area (Å²) < 4.78 is 1.12. The number of benzene rings is 1. The van der Waals surface area contributed by atoms with E-state index in [-0.39, 0.29) is 4.83 Å². The highest BCUT2D eigenvalue weighted by Gasteiger charge is 2.20. The van der Waals surface area contributed by atoms with Gasteiger partial charge in [-0.1, -0.05) is 50.9 Å². The molecular weight excluding hydrogens is 354 g/mol. The SMILES string of the molecule is Cc1cc(Br)ccc1C(Br)C(C)c1ccccn1. The number of halogens is 2. The van der Waals surface area contributed by atoms with Crippen molar-refractivity contribution in [1.29, 1.82) is 0 Å². The van der Waals surface area contributed by atoms with Crippen molar-refractivity contribution in [3.05, 3.63) is 63.9 Å². The lowest BCUT2D eigenvalue weighted by Crippen LogP contribution is -2.05. The van der Waals surface area contributed by atoms with Crippen LogP contribution in [-0.4, -0.2) is 4.98 Å². The lowest BCUT2D eigenvalue weighted by Gasteiger charge is -2.20. The Morgan fingerprint density at radius 3 is 2.56 bits per heavy atom. The van der Waals surface area contributed by atoms with E-state index < -0.39 is 0 Å². The van der Waals surface area contributed by atoms with Crippen molar-refractivity contribution >= 4 is 31.9 Å². The fourth-order valence-electron chi connectivity index (χ4n) is 2.01. The summed E-state index contributed by atoms with van der Waals surface area (Å²) in [5.74, 6) is 0.339. The van der Waals surface area contributed by atoms with Crippen LogP contribution in [0.25, 0.3) is 0 Å². The van der Waals surface area contributed by atoms with Crippen molar-refractivity contribution in [3.63, 3.8) is 0 Å². The normalized spacial score (nSPS) is 14.2. The van der Waals surface area contributed by atoms with Crippen molar-refractivity contribution in [1.82, 2.24) is 4.98 Å². The molecule has 1 nitrogen and oxygen atoms in total. The second-order valence-corrected chi connectivity index (χ2v) is 6.35. The van der Waals surface area contributed by atoms with Gasteiger partial charge in [0.15, 0.2) is 0 Å². The molecule has 18 heavy (non-hydrogen) atoms. The lowest BCUT2D eigenvalue weighted by atomic mass is 9.94. The van der Waals surface area contributed by atoms with E-state index in [0.29, 0.717) is 5.92 Å². The number of aromatic nitrogens is 1. The topological polar surface area (TPSA) is 12.9 Å². The zero-order chi connectivity index (χ0) is 13.1. The molecule has 0 fully saturated rings. The van der Waals surface area contributed by atoms with Crippen LogP contribution in [0.4, 0.5) is 0 Å². The summed E-state index contributed by atoms with van der Waals surface area (Å²) in [7, 11) is 0. The van der Waals surface area contributed by atoms with Gasteiger partial charge in [-0.05, 0) is 42.3 Å². The predicted molar refractivity (Wildman–Crippen MR) is 83.2 cm³/mol. The number of rotatable bonds is 3. The monoisotopic (exact) mass is 367 g/mol. The molecule has 0 radical (unpaired) electrons. The Hall–Kier alpha value is -0.670. The number of nitrogens with zero attached hydrogens (tertiary/aromatic N) is 1. The molecule has 1 heterocycles. The maximum Gasteiger partial charge on any atom is 0.0478 e. The minimum Gasteiger partial charge on any atom is -0.261 e. The van der Waals surface area contributed by atoms with Crippen LogP contribution in [0.5, 0.6) is 0 Å². The molecule has 94 valence electrons. The molecule has 2 unspecified atom stereocenters. The van der Waals surface area contributed by atoms with E-state index >= 15 is 0 Å². The second kappa shape index (κ2) is 5.98. The van der Waals surface area contributed by atoms with Gasteiger partial charge in [-0.15, -0.1) is 0 Å². The standard InChI is InChI=1S/C15H15Br2N/c1-10-9-12(16)6-7-13(10)15(17)11(2)14-5-3-4-8-18-14/h3-9,11,15H,1-2H3. The van der Waals surface area contributed by atoms with Crippen LogP contribution in [-0.2, 0) is 0 Å². The van der Waals surface area contributed by atoms with Gasteiger partial charge < -0.3 is 0 Å². The Labute approximate surface area is 125 Å². The van der Waals surface area contributed by atoms with Gasteiger partial charge in [0.05, 0.1) is 0 Å². The average molecular weight is 369 g/mol. The molecule has 0 saturated carbocycles. The van der Waals surface area contributed by atoms with Gasteiger partial charge in [0.1, 0.15) is 0 Å². The van der Waals surface area contributed by atoms with Crippen molar-refractivity contribution < 1.29 is 0 Å². The molecule has 0 N–H and O–H groups in total. The van der Waals surface area contributed by atoms with Gasteiger partial charge >= 0.3 is 0 Å². The van der Waals surface area contributed by atoms with Crippen LogP contribution in [0, 0.1) is 6.92 Å². The van der Waals surface area contributed by atoms with E-state index in [2.05, 4.69) is 75.0 Å². The lowest BCUT2D eigenvalue weighted by molar-refractivity contribution is 0.721. The molecule has 2 atom stereocenters. The maximum atomic E-state index is 4.43. The molecule has 1 aromatic carbocycles. The minimum absolute atomic E-state index is 0.278. The summed E-state index contributed by atoms with van der Waals surface area (Å²) in [5, 5.41) is 0. The number of pyridine rings is 1. The quantitative estimate of drug-likeness (QED) is 0.661. The van der Waals surface area contributed by atoms with E-state index in [1.807, 2.05) is 18.3 Å². The third-order valence-corrected chi connectivity index (χ3v) is 4.90. The van der Waals surface area contributed by atoms with Crippen LogP contribution >= 0.6 is 31.9 Å². The molecule has 0 bridgehead atoms. The van der Waals surface area contributed by atoms with Gasteiger partial charge in [-0.2, -0.15) is 0 Å². The van der Waals surface area contributed by atoms with Crippen molar-refractivity contribution in [2.75, 3.05) is 0 Å². The molecule has 0 aliphatic rings. The number of aryl methyl sites for hydroxylation is 1. The fraction of sp³-hybridized carbons (Fsp3) is 0.267. The molecule has 0 aliphatic carbocycles. The van der Waals surface area contributed by atoms with E-state index in [4.69, 9.17) is 0 Å². The van der Waals surface area contributed by atoms with Crippen LogP contribution < -0.4 is 0 Å². The Morgan fingerprint density at radius 1 is 1.17 bits per heavy atom. The summed E-state index contributed by atoms with van der Waals surface area (Å²) in [5.41, 5.74) is 3.71. The zero-order valence-electron chi connectivity index (χ0n) is 10.4. The third-order valence-electron chi connectivity index (χ3n) is 3.12. The zero-order valence-corrected chi connectivity index (χ0v) is 13.6. The minimum atomic E-state index is 0.278. The highest BCUT2D eigenvalue weighted by molar-refractivity contribution is 9.10. The molecule has 0 aliphatic heterocycles. The van der Waals surface area contributed by atoms with Crippen molar-refractivity contribution in [2.24, 2.45) is 0 Å². The van der Waals surface area contributed by atoms with E-state index in [1.165, 1.54) is 11.1 Å². The highest BCUT2D eigenvalue weighted by Crippen LogP contribution is 2.38. The van der Waals surface area contributed by atoms with Crippen LogP contribution in [0.2, 0.25) is 0 Å². The first-order valence-electron chi connectivity index (χ1n) is 5.90. The molecule has 0 spiro atoms. The molecule has 2 aromatic rings. The van der Waals surface area contributed by atoms with Crippen LogP contribution in [0.3, 0.4) is 0 Å². The largest absolute Gasteiger partial charge is 0.261 e. The fourth-order valence-corrected chi connectivity index (χ4v) is 3.27. The molecule has 3 heteroatoms. The molecule has 2 rings (SSSR count). The second-order valence-electron chi connectivity index (χ2n) is 4.45. The first kappa shape index (κ1) is 13.8. The molecular formula is C15H15Br2N. The van der Waals surface area contributed by atoms with E-state index in [1.54, 1.807) is 0 Å². The van der Waals surface area contributed by atoms with Crippen molar-refractivity contribution in [2.45, 2.75) is 24.6 Å². The van der Waals surface area contributed by atoms with E-state index in [0.717, 1.165) is 10.2 Å². The third kappa shape index (κ3) is 3.01. The number of alkyl halides is 1. The summed E-state index contributed by atoms with van der Waals surface area (Å²) in [6, 6.07) is 12.5. The van der Waals surface area contributed by atoms with Gasteiger partial charge in [0.25, 0.3) is 0 Å². The summed E-state index contributed by atoms with van der Waals surface area (Å²) in [6.07, 6.45) is 1.85. The van der Waals surface area contributed by atoms with E-state index in [9.17, 15) is 0 Å². The Morgan fingerprint density at radius 2 is 1.94 bits per heavy atom. The average Bonchev–Trinajstić information content (AvgIpc) is 2.38. The smallest absolute Gasteiger partial charge is 0.0478 e. The molecule has 0 saturated heterocycles. The number of hydrogen-bond donors (Lipinski definition) is 0. The maximum absolute atomic E-state index is 4.43. The van der Waals surface area contributed by atoms with Crippen LogP contribution in [0.15, 0.2) is 47.1 Å². The molecule has 0 amide bonds. The summed E-state index contributed by atoms with van der Waals surface area (Å²) >= 11 is 7.31. The Kier molecular flexibility index (Phi) is 4.57. The van der Waals surface area contributed by atoms with Gasteiger partial charge in [-0.25, -0.2) is 0 Å². The first-order chi connectivity index (χ1) is 8.59.